The van der Waals surface area contributed by atoms with E-state index in [1.54, 1.807) is 0 Å². The minimum Gasteiger partial charge on any atom is -0.322 e. The maximum atomic E-state index is 12.4. The van der Waals surface area contributed by atoms with E-state index < -0.39 is 5.54 Å². The second kappa shape index (κ2) is 3.98. The number of rotatable bonds is 2. The highest BCUT2D eigenvalue weighted by molar-refractivity contribution is 6.07. The van der Waals surface area contributed by atoms with E-state index in [9.17, 15) is 9.59 Å². The van der Waals surface area contributed by atoms with Gasteiger partial charge < -0.3 is 5.32 Å². The summed E-state index contributed by atoms with van der Waals surface area (Å²) in [5.74, 6) is -0.0550. The maximum absolute atomic E-state index is 12.4. The van der Waals surface area contributed by atoms with Gasteiger partial charge in [0.1, 0.15) is 5.54 Å². The summed E-state index contributed by atoms with van der Waals surface area (Å²) in [5, 5.41) is 2.89. The summed E-state index contributed by atoms with van der Waals surface area (Å²) in [7, 11) is 0. The zero-order valence-electron chi connectivity index (χ0n) is 11.0. The third-order valence-corrected chi connectivity index (χ3v) is 3.74. The smallest absolute Gasteiger partial charge is 0.322 e. The molecule has 2 fully saturated rings. The SMILES string of the molecule is CC(C)N1CCC2(C1)NC(=O)N(C(C)C)C2=O. The van der Waals surface area contributed by atoms with Crippen molar-refractivity contribution >= 4 is 11.9 Å². The van der Waals surface area contributed by atoms with E-state index in [0.717, 1.165) is 13.0 Å². The molecule has 2 saturated heterocycles. The quantitative estimate of drug-likeness (QED) is 0.725. The minimum absolute atomic E-state index is 0.0550. The first-order chi connectivity index (χ1) is 7.87. The van der Waals surface area contributed by atoms with Crippen molar-refractivity contribution in [1.29, 1.82) is 0 Å². The van der Waals surface area contributed by atoms with Gasteiger partial charge in [0.25, 0.3) is 5.91 Å². The molecular weight excluding hydrogens is 218 g/mol. The molecule has 1 unspecified atom stereocenters. The van der Waals surface area contributed by atoms with E-state index in [1.165, 1.54) is 4.90 Å². The second-order valence-corrected chi connectivity index (χ2v) is 5.60. The van der Waals surface area contributed by atoms with Crippen LogP contribution in [0.1, 0.15) is 34.1 Å². The van der Waals surface area contributed by atoms with Gasteiger partial charge in [-0.2, -0.15) is 0 Å². The average molecular weight is 239 g/mol. The van der Waals surface area contributed by atoms with Crippen molar-refractivity contribution in [2.24, 2.45) is 0 Å². The van der Waals surface area contributed by atoms with Crippen molar-refractivity contribution < 1.29 is 9.59 Å². The Balaban J connectivity index is 2.19. The van der Waals surface area contributed by atoms with Crippen molar-refractivity contribution in [1.82, 2.24) is 15.1 Å². The third kappa shape index (κ3) is 1.82. The zero-order chi connectivity index (χ0) is 12.8. The molecule has 2 aliphatic rings. The van der Waals surface area contributed by atoms with Gasteiger partial charge >= 0.3 is 6.03 Å². The number of urea groups is 1. The molecule has 1 N–H and O–H groups in total. The maximum Gasteiger partial charge on any atom is 0.325 e. The Bertz CT molecular complexity index is 354. The van der Waals surface area contributed by atoms with Gasteiger partial charge in [0.2, 0.25) is 0 Å². The first kappa shape index (κ1) is 12.4. The molecule has 3 amide bonds. The fraction of sp³-hybridized carbons (Fsp3) is 0.833. The number of hydrogen-bond donors (Lipinski definition) is 1. The minimum atomic E-state index is -0.661. The van der Waals surface area contributed by atoms with Crippen LogP contribution in [0.5, 0.6) is 0 Å². The molecule has 17 heavy (non-hydrogen) atoms. The lowest BCUT2D eigenvalue weighted by atomic mass is 9.98. The van der Waals surface area contributed by atoms with Gasteiger partial charge in [-0.25, -0.2) is 4.79 Å². The summed E-state index contributed by atoms with van der Waals surface area (Å²) in [6, 6.07) is 0.0951. The lowest BCUT2D eigenvalue weighted by Crippen LogP contribution is -2.50. The van der Waals surface area contributed by atoms with E-state index in [2.05, 4.69) is 24.1 Å². The summed E-state index contributed by atoms with van der Waals surface area (Å²) >= 11 is 0. The van der Waals surface area contributed by atoms with E-state index in [4.69, 9.17) is 0 Å². The van der Waals surface area contributed by atoms with Crippen LogP contribution in [0.3, 0.4) is 0 Å². The number of hydrogen-bond acceptors (Lipinski definition) is 3. The fourth-order valence-corrected chi connectivity index (χ4v) is 2.67. The van der Waals surface area contributed by atoms with Crippen LogP contribution in [0.25, 0.3) is 0 Å². The lowest BCUT2D eigenvalue weighted by Gasteiger charge is -2.24. The van der Waals surface area contributed by atoms with Crippen LogP contribution in [0.4, 0.5) is 4.79 Å². The molecular formula is C12H21N3O2. The van der Waals surface area contributed by atoms with Gasteiger partial charge in [-0.05, 0) is 34.1 Å². The van der Waals surface area contributed by atoms with Crippen molar-refractivity contribution in [3.05, 3.63) is 0 Å². The molecule has 5 nitrogen and oxygen atoms in total. The topological polar surface area (TPSA) is 52.7 Å². The number of imide groups is 1. The summed E-state index contributed by atoms with van der Waals surface area (Å²) in [4.78, 5) is 27.8. The summed E-state index contributed by atoms with van der Waals surface area (Å²) in [6.07, 6.45) is 0.721. The van der Waals surface area contributed by atoms with Crippen LogP contribution in [0.15, 0.2) is 0 Å². The Kier molecular flexibility index (Phi) is 2.89. The molecule has 0 aromatic carbocycles. The summed E-state index contributed by atoms with van der Waals surface area (Å²) in [5.41, 5.74) is -0.661. The molecule has 0 aromatic rings. The zero-order valence-corrected chi connectivity index (χ0v) is 11.0. The van der Waals surface area contributed by atoms with Gasteiger partial charge in [-0.3, -0.25) is 14.6 Å². The van der Waals surface area contributed by atoms with Gasteiger partial charge in [0.15, 0.2) is 0 Å². The lowest BCUT2D eigenvalue weighted by molar-refractivity contribution is -0.132. The molecule has 0 bridgehead atoms. The number of nitrogens with zero attached hydrogens (tertiary/aromatic N) is 2. The molecule has 0 saturated carbocycles. The molecule has 2 rings (SSSR count). The average Bonchev–Trinajstić information content (AvgIpc) is 2.71. The summed E-state index contributed by atoms with van der Waals surface area (Å²) < 4.78 is 0. The monoisotopic (exact) mass is 239 g/mol. The van der Waals surface area contributed by atoms with Crippen LogP contribution in [0, 0.1) is 0 Å². The Morgan fingerprint density at radius 1 is 1.18 bits per heavy atom. The van der Waals surface area contributed by atoms with Gasteiger partial charge in [0, 0.05) is 25.2 Å². The van der Waals surface area contributed by atoms with Crippen LogP contribution in [-0.2, 0) is 4.79 Å². The first-order valence-electron chi connectivity index (χ1n) is 6.27. The third-order valence-electron chi connectivity index (χ3n) is 3.74. The summed E-state index contributed by atoms with van der Waals surface area (Å²) in [6.45, 7) is 9.46. The fourth-order valence-electron chi connectivity index (χ4n) is 2.67. The highest BCUT2D eigenvalue weighted by atomic mass is 16.2. The number of carbonyl (C=O) groups excluding carboxylic acids is 2. The molecule has 2 heterocycles. The molecule has 1 spiro atoms. The van der Waals surface area contributed by atoms with Crippen molar-refractivity contribution in [2.75, 3.05) is 13.1 Å². The highest BCUT2D eigenvalue weighted by Gasteiger charge is 2.55. The van der Waals surface area contributed by atoms with E-state index >= 15 is 0 Å². The van der Waals surface area contributed by atoms with Crippen molar-refractivity contribution in [3.8, 4) is 0 Å². The normalized spacial score (nSPS) is 30.1. The number of amides is 3. The highest BCUT2D eigenvalue weighted by Crippen LogP contribution is 2.30. The molecule has 2 aliphatic heterocycles. The molecule has 0 aromatic heterocycles. The van der Waals surface area contributed by atoms with Crippen LogP contribution in [0.2, 0.25) is 0 Å². The molecule has 0 radical (unpaired) electrons. The van der Waals surface area contributed by atoms with Crippen LogP contribution >= 0.6 is 0 Å². The largest absolute Gasteiger partial charge is 0.325 e. The standard InChI is InChI=1S/C12H21N3O2/c1-8(2)14-6-5-12(7-14)10(16)15(9(3)4)11(17)13-12/h8-9H,5-7H2,1-4H3,(H,13,17). The van der Waals surface area contributed by atoms with Gasteiger partial charge in [-0.1, -0.05) is 0 Å². The molecule has 96 valence electrons. The van der Waals surface area contributed by atoms with E-state index in [0.29, 0.717) is 12.6 Å². The Morgan fingerprint density at radius 2 is 1.82 bits per heavy atom. The second-order valence-electron chi connectivity index (χ2n) is 5.60. The first-order valence-corrected chi connectivity index (χ1v) is 6.27. The van der Waals surface area contributed by atoms with Crippen molar-refractivity contribution in [2.45, 2.75) is 51.7 Å². The number of likely N-dealkylation sites (tertiary alicyclic amines) is 1. The van der Waals surface area contributed by atoms with E-state index in [-0.39, 0.29) is 18.0 Å². The number of carbonyl (C=O) groups is 2. The Labute approximate surface area is 102 Å². The van der Waals surface area contributed by atoms with Crippen molar-refractivity contribution in [3.63, 3.8) is 0 Å². The predicted molar refractivity (Wildman–Crippen MR) is 64.6 cm³/mol. The van der Waals surface area contributed by atoms with Crippen LogP contribution < -0.4 is 5.32 Å². The van der Waals surface area contributed by atoms with E-state index in [1.807, 2.05) is 13.8 Å². The molecule has 1 atom stereocenters. The van der Waals surface area contributed by atoms with Gasteiger partial charge in [-0.15, -0.1) is 0 Å². The predicted octanol–water partition coefficient (Wildman–Crippen LogP) is 0.799. The Morgan fingerprint density at radius 3 is 2.24 bits per heavy atom. The van der Waals surface area contributed by atoms with Gasteiger partial charge in [0.05, 0.1) is 0 Å². The van der Waals surface area contributed by atoms with Crippen LogP contribution in [-0.4, -0.2) is 52.5 Å². The molecule has 0 aliphatic carbocycles. The Hall–Kier alpha value is -1.10. The number of nitrogens with one attached hydrogen (secondary N) is 1. The molecule has 5 heteroatoms.